The van der Waals surface area contributed by atoms with Crippen LogP contribution in [0.4, 0.5) is 4.79 Å². The largest absolute Gasteiger partial charge is 0.508 e. The Kier molecular flexibility index (Phi) is 4.95. The van der Waals surface area contributed by atoms with Gasteiger partial charge in [-0.25, -0.2) is 4.79 Å². The minimum Gasteiger partial charge on any atom is -0.434 e. The van der Waals surface area contributed by atoms with Gasteiger partial charge >= 0.3 is 6.16 Å². The maximum absolute atomic E-state index is 11.7. The van der Waals surface area contributed by atoms with Crippen molar-refractivity contribution in [2.45, 2.75) is 19.4 Å². The normalized spacial score (nSPS) is 20.4. The summed E-state index contributed by atoms with van der Waals surface area (Å²) in [4.78, 5) is 14.1. The Morgan fingerprint density at radius 1 is 1.14 bits per heavy atom. The second-order valence-corrected chi connectivity index (χ2v) is 6.20. The van der Waals surface area contributed by atoms with Crippen molar-refractivity contribution in [2.24, 2.45) is 5.41 Å². The molecule has 1 saturated heterocycles. The van der Waals surface area contributed by atoms with Crippen LogP contribution >= 0.6 is 0 Å². The third-order valence-corrected chi connectivity index (χ3v) is 4.32. The number of hydrogen-bond donors (Lipinski definition) is 0. The number of hydrogen-bond acceptors (Lipinski definition) is 5. The molecule has 0 bridgehead atoms. The zero-order chi connectivity index (χ0) is 15.3. The first-order valence-corrected chi connectivity index (χ1v) is 7.89. The van der Waals surface area contributed by atoms with E-state index in [1.54, 1.807) is 0 Å². The van der Waals surface area contributed by atoms with Crippen molar-refractivity contribution < 1.29 is 19.0 Å². The number of benzene rings is 1. The van der Waals surface area contributed by atoms with Gasteiger partial charge in [-0.2, -0.15) is 0 Å². The zero-order valence-electron chi connectivity index (χ0n) is 12.8. The van der Waals surface area contributed by atoms with E-state index in [0.717, 1.165) is 51.3 Å². The summed E-state index contributed by atoms with van der Waals surface area (Å²) in [5.41, 5.74) is 1.11. The summed E-state index contributed by atoms with van der Waals surface area (Å²) in [7, 11) is 0. The van der Waals surface area contributed by atoms with Gasteiger partial charge in [0.05, 0.1) is 13.2 Å². The second-order valence-electron chi connectivity index (χ2n) is 6.20. The Balaban J connectivity index is 1.37. The molecule has 5 nitrogen and oxygen atoms in total. The third kappa shape index (κ3) is 4.45. The van der Waals surface area contributed by atoms with Crippen molar-refractivity contribution in [3.05, 3.63) is 35.9 Å². The molecule has 1 heterocycles. The molecule has 5 heteroatoms. The summed E-state index contributed by atoms with van der Waals surface area (Å²) in [6.07, 6.45) is 1.67. The second kappa shape index (κ2) is 7.11. The molecule has 1 saturated carbocycles. The van der Waals surface area contributed by atoms with Crippen LogP contribution < -0.4 is 0 Å². The molecule has 1 aliphatic carbocycles. The lowest BCUT2D eigenvalue weighted by molar-refractivity contribution is 0.00713. The standard InChI is InChI=1S/C17H23NO4/c19-16(21-12-15-4-2-1-3-5-15)22-14-17(6-7-17)13-18-8-10-20-11-9-18/h1-5H,6-14H2. The Morgan fingerprint density at radius 3 is 2.55 bits per heavy atom. The van der Waals surface area contributed by atoms with Crippen LogP contribution in [-0.2, 0) is 20.8 Å². The SMILES string of the molecule is O=C(OCc1ccccc1)OCC1(CN2CCOCC2)CC1. The molecule has 0 atom stereocenters. The van der Waals surface area contributed by atoms with Crippen LogP contribution in [0, 0.1) is 5.41 Å². The third-order valence-electron chi connectivity index (χ3n) is 4.32. The number of ether oxygens (including phenoxy) is 3. The van der Waals surface area contributed by atoms with Crippen LogP contribution in [0.1, 0.15) is 18.4 Å². The van der Waals surface area contributed by atoms with Gasteiger partial charge in [0.2, 0.25) is 0 Å². The highest BCUT2D eigenvalue weighted by Crippen LogP contribution is 2.46. The van der Waals surface area contributed by atoms with Crippen LogP contribution in [0.5, 0.6) is 0 Å². The van der Waals surface area contributed by atoms with E-state index >= 15 is 0 Å². The lowest BCUT2D eigenvalue weighted by atomic mass is 10.1. The lowest BCUT2D eigenvalue weighted by Gasteiger charge is -2.30. The van der Waals surface area contributed by atoms with E-state index in [1.165, 1.54) is 0 Å². The average molecular weight is 305 g/mol. The fraction of sp³-hybridized carbons (Fsp3) is 0.588. The molecule has 0 aromatic heterocycles. The molecule has 22 heavy (non-hydrogen) atoms. The molecule has 0 amide bonds. The number of rotatable bonds is 6. The Labute approximate surface area is 131 Å². The summed E-state index contributed by atoms with van der Waals surface area (Å²) in [6.45, 7) is 5.25. The molecule has 0 N–H and O–H groups in total. The maximum atomic E-state index is 11.7. The average Bonchev–Trinajstić information content (AvgIpc) is 3.33. The van der Waals surface area contributed by atoms with Crippen molar-refractivity contribution in [3.63, 3.8) is 0 Å². The van der Waals surface area contributed by atoms with E-state index in [2.05, 4.69) is 4.90 Å². The van der Waals surface area contributed by atoms with Crippen molar-refractivity contribution in [2.75, 3.05) is 39.5 Å². The molecule has 2 aliphatic rings. The number of nitrogens with zero attached hydrogens (tertiary/aromatic N) is 1. The summed E-state index contributed by atoms with van der Waals surface area (Å²) in [6, 6.07) is 9.63. The molecule has 1 aliphatic heterocycles. The van der Waals surface area contributed by atoms with Crippen LogP contribution in [0.3, 0.4) is 0 Å². The van der Waals surface area contributed by atoms with Crippen molar-refractivity contribution in [3.8, 4) is 0 Å². The van der Waals surface area contributed by atoms with E-state index in [1.807, 2.05) is 30.3 Å². The van der Waals surface area contributed by atoms with Gasteiger partial charge in [-0.1, -0.05) is 30.3 Å². The first-order valence-electron chi connectivity index (χ1n) is 7.89. The van der Waals surface area contributed by atoms with Gasteiger partial charge in [-0.15, -0.1) is 0 Å². The Hall–Kier alpha value is -1.59. The van der Waals surface area contributed by atoms with Gasteiger partial charge in [0.25, 0.3) is 0 Å². The molecular weight excluding hydrogens is 282 g/mol. The summed E-state index contributed by atoms with van der Waals surface area (Å²) < 4.78 is 15.8. The van der Waals surface area contributed by atoms with E-state index in [-0.39, 0.29) is 12.0 Å². The van der Waals surface area contributed by atoms with Crippen LogP contribution in [0.15, 0.2) is 30.3 Å². The number of carbonyl (C=O) groups is 1. The molecule has 0 spiro atoms. The smallest absolute Gasteiger partial charge is 0.434 e. The first-order chi connectivity index (χ1) is 10.8. The van der Waals surface area contributed by atoms with Gasteiger partial charge in [0, 0.05) is 25.0 Å². The fourth-order valence-electron chi connectivity index (χ4n) is 2.73. The molecule has 0 radical (unpaired) electrons. The van der Waals surface area contributed by atoms with E-state index in [0.29, 0.717) is 6.61 Å². The molecule has 3 rings (SSSR count). The maximum Gasteiger partial charge on any atom is 0.508 e. The molecule has 1 aromatic rings. The van der Waals surface area contributed by atoms with E-state index < -0.39 is 6.16 Å². The quantitative estimate of drug-likeness (QED) is 0.756. The summed E-state index contributed by atoms with van der Waals surface area (Å²) in [5, 5.41) is 0. The van der Waals surface area contributed by atoms with Gasteiger partial charge < -0.3 is 14.2 Å². The highest BCUT2D eigenvalue weighted by molar-refractivity contribution is 5.60. The van der Waals surface area contributed by atoms with Crippen molar-refractivity contribution in [1.29, 1.82) is 0 Å². The molecule has 0 unspecified atom stereocenters. The highest BCUT2D eigenvalue weighted by atomic mass is 16.7. The van der Waals surface area contributed by atoms with Crippen LogP contribution in [0.2, 0.25) is 0 Å². The minimum atomic E-state index is -0.572. The summed E-state index contributed by atoms with van der Waals surface area (Å²) >= 11 is 0. The van der Waals surface area contributed by atoms with Crippen molar-refractivity contribution >= 4 is 6.16 Å². The monoisotopic (exact) mass is 305 g/mol. The predicted molar refractivity (Wildman–Crippen MR) is 81.5 cm³/mol. The van der Waals surface area contributed by atoms with Gasteiger partial charge in [-0.3, -0.25) is 4.90 Å². The first kappa shape index (κ1) is 15.3. The lowest BCUT2D eigenvalue weighted by Crippen LogP contribution is -2.41. The summed E-state index contributed by atoms with van der Waals surface area (Å²) in [5.74, 6) is 0. The Morgan fingerprint density at radius 2 is 1.86 bits per heavy atom. The minimum absolute atomic E-state index is 0.142. The van der Waals surface area contributed by atoms with Gasteiger partial charge in [-0.05, 0) is 18.4 Å². The number of carbonyl (C=O) groups excluding carboxylic acids is 1. The van der Waals surface area contributed by atoms with Gasteiger partial charge in [0.1, 0.15) is 13.2 Å². The molecular formula is C17H23NO4. The van der Waals surface area contributed by atoms with E-state index in [4.69, 9.17) is 14.2 Å². The zero-order valence-corrected chi connectivity index (χ0v) is 12.8. The van der Waals surface area contributed by atoms with Gasteiger partial charge in [0.15, 0.2) is 0 Å². The number of morpholine rings is 1. The van der Waals surface area contributed by atoms with Crippen LogP contribution in [-0.4, -0.2) is 50.5 Å². The fourth-order valence-corrected chi connectivity index (χ4v) is 2.73. The van der Waals surface area contributed by atoms with E-state index in [9.17, 15) is 4.79 Å². The molecule has 120 valence electrons. The topological polar surface area (TPSA) is 48.0 Å². The molecule has 1 aromatic carbocycles. The van der Waals surface area contributed by atoms with Crippen molar-refractivity contribution in [1.82, 2.24) is 4.90 Å². The highest BCUT2D eigenvalue weighted by Gasteiger charge is 2.45. The van der Waals surface area contributed by atoms with Crippen LogP contribution in [0.25, 0.3) is 0 Å². The Bertz CT molecular complexity index is 481. The molecule has 2 fully saturated rings. The predicted octanol–water partition coefficient (Wildman–Crippen LogP) is 2.45.